The number of guanidine groups is 1. The molecule has 0 aromatic heterocycles. The van der Waals surface area contributed by atoms with Gasteiger partial charge >= 0.3 is 0 Å². The van der Waals surface area contributed by atoms with E-state index in [-0.39, 0.29) is 5.91 Å². The van der Waals surface area contributed by atoms with E-state index in [4.69, 9.17) is 0 Å². The summed E-state index contributed by atoms with van der Waals surface area (Å²) in [6, 6.07) is 8.54. The van der Waals surface area contributed by atoms with Crippen molar-refractivity contribution in [2.24, 2.45) is 4.99 Å². The Morgan fingerprint density at radius 2 is 1.75 bits per heavy atom. The van der Waals surface area contributed by atoms with Gasteiger partial charge in [-0.15, -0.1) is 0 Å². The summed E-state index contributed by atoms with van der Waals surface area (Å²) in [6.07, 6.45) is 0.896. The van der Waals surface area contributed by atoms with Crippen molar-refractivity contribution >= 4 is 11.9 Å². The van der Waals surface area contributed by atoms with Crippen LogP contribution in [0.5, 0.6) is 0 Å². The van der Waals surface area contributed by atoms with Gasteiger partial charge in [-0.05, 0) is 39.7 Å². The van der Waals surface area contributed by atoms with Gasteiger partial charge in [-0.1, -0.05) is 29.8 Å². The molecular weight excluding hydrogens is 300 g/mol. The molecular formula is C19H32N4O. The van der Waals surface area contributed by atoms with Gasteiger partial charge in [-0.3, -0.25) is 9.79 Å². The maximum absolute atomic E-state index is 12.3. The average Bonchev–Trinajstić information content (AvgIpc) is 2.56. The number of aliphatic imine (C=N–C) groups is 1. The molecule has 1 N–H and O–H groups in total. The summed E-state index contributed by atoms with van der Waals surface area (Å²) < 4.78 is 0. The highest BCUT2D eigenvalue weighted by Crippen LogP contribution is 2.04. The molecule has 0 aliphatic rings. The third kappa shape index (κ3) is 6.60. The van der Waals surface area contributed by atoms with Crippen molar-refractivity contribution in [2.75, 3.05) is 39.8 Å². The van der Waals surface area contributed by atoms with Crippen LogP contribution in [0.15, 0.2) is 29.3 Å². The standard InChI is InChI=1S/C19H32N4O/c1-6-20-19(22(5)15-18(24)23(7-2)8-3)21-14-13-17-11-9-16(4)10-12-17/h9-12H,6-8,13-15H2,1-5H3,(H,20,21). The normalized spacial score (nSPS) is 11.3. The molecule has 0 aliphatic carbocycles. The van der Waals surface area contributed by atoms with Gasteiger partial charge in [0.1, 0.15) is 0 Å². The van der Waals surface area contributed by atoms with Crippen LogP contribution in [0.3, 0.4) is 0 Å². The Bertz CT molecular complexity index is 521. The molecule has 0 fully saturated rings. The Kier molecular flexibility index (Phi) is 8.90. The van der Waals surface area contributed by atoms with Crippen LogP contribution in [-0.2, 0) is 11.2 Å². The van der Waals surface area contributed by atoms with Crippen LogP contribution in [0.25, 0.3) is 0 Å². The Balaban J connectivity index is 2.63. The third-order valence-corrected chi connectivity index (χ3v) is 3.97. The summed E-state index contributed by atoms with van der Waals surface area (Å²) in [5.74, 6) is 0.914. The lowest BCUT2D eigenvalue weighted by atomic mass is 10.1. The molecule has 0 spiro atoms. The van der Waals surface area contributed by atoms with Gasteiger partial charge < -0.3 is 15.1 Å². The zero-order chi connectivity index (χ0) is 17.9. The highest BCUT2D eigenvalue weighted by Gasteiger charge is 2.14. The van der Waals surface area contributed by atoms with Crippen molar-refractivity contribution in [3.8, 4) is 0 Å². The number of carbonyl (C=O) groups excluding carboxylic acids is 1. The Labute approximate surface area is 146 Å². The van der Waals surface area contributed by atoms with Crippen molar-refractivity contribution in [3.63, 3.8) is 0 Å². The lowest BCUT2D eigenvalue weighted by molar-refractivity contribution is -0.131. The minimum Gasteiger partial charge on any atom is -0.357 e. The number of nitrogens with one attached hydrogen (secondary N) is 1. The van der Waals surface area contributed by atoms with Crippen LogP contribution in [0.1, 0.15) is 31.9 Å². The molecule has 0 heterocycles. The van der Waals surface area contributed by atoms with Gasteiger partial charge in [0.2, 0.25) is 5.91 Å². The number of nitrogens with zero attached hydrogens (tertiary/aromatic N) is 3. The zero-order valence-corrected chi connectivity index (χ0v) is 15.8. The Hall–Kier alpha value is -2.04. The molecule has 0 saturated carbocycles. The molecule has 1 rings (SSSR count). The molecule has 0 atom stereocenters. The summed E-state index contributed by atoms with van der Waals surface area (Å²) in [7, 11) is 1.91. The largest absolute Gasteiger partial charge is 0.357 e. The fourth-order valence-corrected chi connectivity index (χ4v) is 2.47. The number of carbonyl (C=O) groups is 1. The first-order valence-electron chi connectivity index (χ1n) is 8.84. The number of aryl methyl sites for hydroxylation is 1. The van der Waals surface area contributed by atoms with Crippen LogP contribution in [0.4, 0.5) is 0 Å². The number of amides is 1. The first kappa shape index (κ1) is 20.0. The molecule has 1 aromatic carbocycles. The van der Waals surface area contributed by atoms with Gasteiger partial charge in [0, 0.05) is 33.2 Å². The summed E-state index contributed by atoms with van der Waals surface area (Å²) in [4.78, 5) is 20.7. The first-order valence-corrected chi connectivity index (χ1v) is 8.84. The van der Waals surface area contributed by atoms with Crippen LogP contribution >= 0.6 is 0 Å². The average molecular weight is 332 g/mol. The quantitative estimate of drug-likeness (QED) is 0.587. The molecule has 0 radical (unpaired) electrons. The van der Waals surface area contributed by atoms with E-state index in [1.807, 2.05) is 37.6 Å². The van der Waals surface area contributed by atoms with Crippen LogP contribution in [0.2, 0.25) is 0 Å². The van der Waals surface area contributed by atoms with E-state index in [0.717, 1.165) is 32.0 Å². The SMILES string of the molecule is CCNC(=NCCc1ccc(C)cc1)N(C)CC(=O)N(CC)CC. The summed E-state index contributed by atoms with van der Waals surface area (Å²) in [5.41, 5.74) is 2.55. The molecule has 134 valence electrons. The Morgan fingerprint density at radius 3 is 2.29 bits per heavy atom. The summed E-state index contributed by atoms with van der Waals surface area (Å²) >= 11 is 0. The van der Waals surface area contributed by atoms with E-state index in [0.29, 0.717) is 13.1 Å². The van der Waals surface area contributed by atoms with Gasteiger partial charge in [0.05, 0.1) is 6.54 Å². The van der Waals surface area contributed by atoms with E-state index >= 15 is 0 Å². The van der Waals surface area contributed by atoms with Gasteiger partial charge in [0.15, 0.2) is 5.96 Å². The lowest BCUT2D eigenvalue weighted by Gasteiger charge is -2.25. The van der Waals surface area contributed by atoms with E-state index in [2.05, 4.69) is 41.5 Å². The number of hydrogen-bond donors (Lipinski definition) is 1. The van der Waals surface area contributed by atoms with Gasteiger partial charge in [-0.2, -0.15) is 0 Å². The number of benzene rings is 1. The highest BCUT2D eigenvalue weighted by molar-refractivity contribution is 5.86. The predicted molar refractivity (Wildman–Crippen MR) is 101 cm³/mol. The van der Waals surface area contributed by atoms with Crippen molar-refractivity contribution in [2.45, 2.75) is 34.1 Å². The summed E-state index contributed by atoms with van der Waals surface area (Å²) in [6.45, 7) is 11.4. The molecule has 0 bridgehead atoms. The second-order valence-electron chi connectivity index (χ2n) is 5.89. The van der Waals surface area contributed by atoms with E-state index < -0.39 is 0 Å². The fourth-order valence-electron chi connectivity index (χ4n) is 2.47. The lowest BCUT2D eigenvalue weighted by Crippen LogP contribution is -2.45. The molecule has 0 aliphatic heterocycles. The predicted octanol–water partition coefficient (Wildman–Crippen LogP) is 2.30. The summed E-state index contributed by atoms with van der Waals surface area (Å²) in [5, 5.41) is 3.26. The number of hydrogen-bond acceptors (Lipinski definition) is 2. The fraction of sp³-hybridized carbons (Fsp3) is 0.579. The second-order valence-corrected chi connectivity index (χ2v) is 5.89. The van der Waals surface area contributed by atoms with E-state index in [1.165, 1.54) is 11.1 Å². The molecule has 0 saturated heterocycles. The molecule has 5 nitrogen and oxygen atoms in total. The van der Waals surface area contributed by atoms with Crippen molar-refractivity contribution in [1.82, 2.24) is 15.1 Å². The van der Waals surface area contributed by atoms with Gasteiger partial charge in [0.25, 0.3) is 0 Å². The number of likely N-dealkylation sites (N-methyl/N-ethyl adjacent to an activating group) is 2. The van der Waals surface area contributed by atoms with Crippen LogP contribution in [-0.4, -0.2) is 61.4 Å². The highest BCUT2D eigenvalue weighted by atomic mass is 16.2. The molecule has 1 amide bonds. The van der Waals surface area contributed by atoms with E-state index in [9.17, 15) is 4.79 Å². The third-order valence-electron chi connectivity index (χ3n) is 3.97. The molecule has 0 unspecified atom stereocenters. The van der Waals surface area contributed by atoms with E-state index in [1.54, 1.807) is 0 Å². The van der Waals surface area contributed by atoms with Gasteiger partial charge in [-0.25, -0.2) is 0 Å². The van der Waals surface area contributed by atoms with Crippen LogP contribution in [0, 0.1) is 6.92 Å². The van der Waals surface area contributed by atoms with Crippen molar-refractivity contribution in [3.05, 3.63) is 35.4 Å². The first-order chi connectivity index (χ1) is 11.5. The zero-order valence-electron chi connectivity index (χ0n) is 15.8. The minimum absolute atomic E-state index is 0.131. The van der Waals surface area contributed by atoms with Crippen molar-refractivity contribution in [1.29, 1.82) is 0 Å². The Morgan fingerprint density at radius 1 is 1.12 bits per heavy atom. The molecule has 1 aromatic rings. The maximum Gasteiger partial charge on any atom is 0.242 e. The molecule has 5 heteroatoms. The van der Waals surface area contributed by atoms with Crippen molar-refractivity contribution < 1.29 is 4.79 Å². The van der Waals surface area contributed by atoms with Crippen LogP contribution < -0.4 is 5.32 Å². The smallest absolute Gasteiger partial charge is 0.242 e. The number of rotatable bonds is 8. The topological polar surface area (TPSA) is 47.9 Å². The minimum atomic E-state index is 0.131. The maximum atomic E-state index is 12.3. The second kappa shape index (κ2) is 10.7. The molecule has 24 heavy (non-hydrogen) atoms. The monoisotopic (exact) mass is 332 g/mol.